The van der Waals surface area contributed by atoms with Crippen LogP contribution in [0.4, 0.5) is 13.2 Å². The molecule has 0 bridgehead atoms. The van der Waals surface area contributed by atoms with Crippen LogP contribution in [0.1, 0.15) is 20.8 Å². The molecule has 0 saturated heterocycles. The van der Waals surface area contributed by atoms with Crippen LogP contribution in [-0.2, 0) is 4.79 Å². The van der Waals surface area contributed by atoms with E-state index < -0.39 is 35.0 Å². The highest BCUT2D eigenvalue weighted by atomic mass is 19.4. The van der Waals surface area contributed by atoms with Gasteiger partial charge in [0, 0.05) is 17.5 Å². The molecule has 1 saturated carbocycles. The van der Waals surface area contributed by atoms with Gasteiger partial charge in [0.15, 0.2) is 0 Å². The van der Waals surface area contributed by atoms with E-state index in [9.17, 15) is 23.1 Å². The lowest BCUT2D eigenvalue weighted by atomic mass is 10.1. The molecule has 1 fully saturated rings. The SMILES string of the molecule is CC(=C[C@H]1[C@H](C(=O)[O-])C1(C)C)C(F)(F)F. The lowest BCUT2D eigenvalue weighted by Gasteiger charge is -2.06. The molecule has 2 nitrogen and oxygen atoms in total. The van der Waals surface area contributed by atoms with Gasteiger partial charge in [-0.3, -0.25) is 0 Å². The lowest BCUT2D eigenvalue weighted by Crippen LogP contribution is -2.26. The van der Waals surface area contributed by atoms with Crippen LogP contribution >= 0.6 is 0 Å². The fourth-order valence-electron chi connectivity index (χ4n) is 1.80. The minimum Gasteiger partial charge on any atom is -0.550 e. The van der Waals surface area contributed by atoms with Gasteiger partial charge in [0.1, 0.15) is 0 Å². The Morgan fingerprint density at radius 1 is 1.40 bits per heavy atom. The molecule has 2 atom stereocenters. The number of rotatable bonds is 2. The van der Waals surface area contributed by atoms with E-state index in [0.717, 1.165) is 13.0 Å². The number of carbonyl (C=O) groups excluding carboxylic acids is 1. The number of halogens is 3. The molecule has 0 aromatic rings. The first kappa shape index (κ1) is 12.1. The number of carboxylic acids is 1. The van der Waals surface area contributed by atoms with Gasteiger partial charge in [-0.2, -0.15) is 13.2 Å². The Bertz CT molecular complexity index is 315. The molecule has 1 aliphatic rings. The van der Waals surface area contributed by atoms with Gasteiger partial charge in [-0.25, -0.2) is 0 Å². The Morgan fingerprint density at radius 2 is 1.87 bits per heavy atom. The van der Waals surface area contributed by atoms with Crippen molar-refractivity contribution in [2.45, 2.75) is 26.9 Å². The smallest absolute Gasteiger partial charge is 0.412 e. The van der Waals surface area contributed by atoms with E-state index >= 15 is 0 Å². The first-order chi connectivity index (χ1) is 6.58. The number of carbonyl (C=O) groups is 1. The van der Waals surface area contributed by atoms with Crippen LogP contribution in [0.15, 0.2) is 11.6 Å². The number of alkyl halides is 3. The molecule has 0 unspecified atom stereocenters. The van der Waals surface area contributed by atoms with Crippen LogP contribution in [0, 0.1) is 17.3 Å². The minimum absolute atomic E-state index is 0.580. The molecule has 0 heterocycles. The highest BCUT2D eigenvalue weighted by molar-refractivity contribution is 5.74. The first-order valence-electron chi connectivity index (χ1n) is 4.55. The van der Waals surface area contributed by atoms with Gasteiger partial charge in [0.2, 0.25) is 0 Å². The third-order valence-corrected chi connectivity index (χ3v) is 3.04. The van der Waals surface area contributed by atoms with Crippen molar-refractivity contribution in [2.24, 2.45) is 17.3 Å². The summed E-state index contributed by atoms with van der Waals surface area (Å²) in [6.45, 7) is 4.19. The summed E-state index contributed by atoms with van der Waals surface area (Å²) in [5.41, 5.74) is -1.38. The predicted octanol–water partition coefficient (Wildman–Crippen LogP) is 1.52. The summed E-state index contributed by atoms with van der Waals surface area (Å²) in [7, 11) is 0. The first-order valence-corrected chi connectivity index (χ1v) is 4.55. The monoisotopic (exact) mass is 221 g/mol. The van der Waals surface area contributed by atoms with Crippen molar-refractivity contribution in [2.75, 3.05) is 0 Å². The maximum atomic E-state index is 12.2. The van der Waals surface area contributed by atoms with Gasteiger partial charge in [0.25, 0.3) is 0 Å². The molecular weight excluding hydrogens is 209 g/mol. The second-order valence-electron chi connectivity index (χ2n) is 4.49. The molecule has 1 aliphatic carbocycles. The van der Waals surface area contributed by atoms with Crippen molar-refractivity contribution >= 4 is 5.97 Å². The summed E-state index contributed by atoms with van der Waals surface area (Å²) >= 11 is 0. The second-order valence-corrected chi connectivity index (χ2v) is 4.49. The average molecular weight is 221 g/mol. The van der Waals surface area contributed by atoms with Gasteiger partial charge in [-0.1, -0.05) is 19.9 Å². The van der Waals surface area contributed by atoms with E-state index in [-0.39, 0.29) is 0 Å². The van der Waals surface area contributed by atoms with Crippen molar-refractivity contribution < 1.29 is 23.1 Å². The zero-order valence-electron chi connectivity index (χ0n) is 8.68. The van der Waals surface area contributed by atoms with Crippen LogP contribution in [0.5, 0.6) is 0 Å². The summed E-state index contributed by atoms with van der Waals surface area (Å²) in [5, 5.41) is 10.6. The third-order valence-electron chi connectivity index (χ3n) is 3.04. The molecule has 0 radical (unpaired) electrons. The van der Waals surface area contributed by atoms with Crippen LogP contribution in [-0.4, -0.2) is 12.1 Å². The van der Waals surface area contributed by atoms with Crippen molar-refractivity contribution in [1.29, 1.82) is 0 Å². The molecule has 0 aliphatic heterocycles. The third kappa shape index (κ3) is 2.16. The number of carboxylic acid groups (broad SMARTS) is 1. The van der Waals surface area contributed by atoms with Crippen LogP contribution in [0.3, 0.4) is 0 Å². The Kier molecular flexibility index (Phi) is 2.62. The maximum absolute atomic E-state index is 12.2. The molecule has 0 aromatic heterocycles. The molecule has 0 spiro atoms. The zero-order valence-corrected chi connectivity index (χ0v) is 8.68. The Balaban J connectivity index is 2.83. The Labute approximate surface area is 85.8 Å². The highest BCUT2D eigenvalue weighted by Gasteiger charge is 2.57. The fourth-order valence-corrected chi connectivity index (χ4v) is 1.80. The summed E-state index contributed by atoms with van der Waals surface area (Å²) in [5.74, 6) is -2.67. The van der Waals surface area contributed by atoms with E-state index in [1.165, 1.54) is 0 Å². The van der Waals surface area contributed by atoms with Crippen molar-refractivity contribution in [1.82, 2.24) is 0 Å². The molecule has 0 amide bonds. The topological polar surface area (TPSA) is 40.1 Å². The van der Waals surface area contributed by atoms with Gasteiger partial charge in [-0.15, -0.1) is 0 Å². The van der Waals surface area contributed by atoms with Crippen molar-refractivity contribution in [3.8, 4) is 0 Å². The maximum Gasteiger partial charge on any atom is 0.412 e. The van der Waals surface area contributed by atoms with E-state index in [4.69, 9.17) is 0 Å². The number of hydrogen-bond donors (Lipinski definition) is 0. The normalized spacial score (nSPS) is 30.1. The number of aliphatic carboxylic acids is 1. The molecule has 0 aromatic carbocycles. The van der Waals surface area contributed by atoms with E-state index in [1.54, 1.807) is 13.8 Å². The standard InChI is InChI=1S/C10H13F3O2/c1-5(10(11,12)13)4-6-7(8(14)15)9(6,2)3/h4,6-7H,1-3H3,(H,14,15)/p-1/t6-,7+/m0/s1. The average Bonchev–Trinajstić information content (AvgIpc) is 2.50. The van der Waals surface area contributed by atoms with Gasteiger partial charge in [-0.05, 0) is 18.3 Å². The number of hydrogen-bond acceptors (Lipinski definition) is 2. The Morgan fingerprint density at radius 3 is 2.13 bits per heavy atom. The predicted molar refractivity (Wildman–Crippen MR) is 45.6 cm³/mol. The van der Waals surface area contributed by atoms with Crippen molar-refractivity contribution in [3.63, 3.8) is 0 Å². The van der Waals surface area contributed by atoms with Gasteiger partial charge in [0.05, 0.1) is 0 Å². The molecule has 15 heavy (non-hydrogen) atoms. The van der Waals surface area contributed by atoms with E-state index in [2.05, 4.69) is 0 Å². The second kappa shape index (κ2) is 3.25. The highest BCUT2D eigenvalue weighted by Crippen LogP contribution is 2.59. The molecule has 0 N–H and O–H groups in total. The van der Waals surface area contributed by atoms with Crippen LogP contribution in [0.25, 0.3) is 0 Å². The largest absolute Gasteiger partial charge is 0.550 e. The van der Waals surface area contributed by atoms with E-state index in [1.807, 2.05) is 0 Å². The van der Waals surface area contributed by atoms with Gasteiger partial charge >= 0.3 is 6.18 Å². The lowest BCUT2D eigenvalue weighted by molar-refractivity contribution is -0.309. The van der Waals surface area contributed by atoms with Crippen LogP contribution < -0.4 is 5.11 Å². The van der Waals surface area contributed by atoms with Crippen molar-refractivity contribution in [3.05, 3.63) is 11.6 Å². The summed E-state index contributed by atoms with van der Waals surface area (Å²) in [4.78, 5) is 10.6. The molecule has 86 valence electrons. The number of allylic oxidation sites excluding steroid dienone is 2. The summed E-state index contributed by atoms with van der Waals surface area (Å²) in [6.07, 6.45) is -3.39. The fraction of sp³-hybridized carbons (Fsp3) is 0.700. The zero-order chi connectivity index (χ0) is 12.0. The van der Waals surface area contributed by atoms with E-state index in [0.29, 0.717) is 0 Å². The molecule has 1 rings (SSSR count). The van der Waals surface area contributed by atoms with Crippen LogP contribution in [0.2, 0.25) is 0 Å². The molecular formula is C10H12F3O2-. The summed E-state index contributed by atoms with van der Waals surface area (Å²) < 4.78 is 36.6. The Hall–Kier alpha value is -1.00. The quantitative estimate of drug-likeness (QED) is 0.663. The minimum atomic E-state index is -4.38. The summed E-state index contributed by atoms with van der Waals surface area (Å²) in [6, 6.07) is 0. The van der Waals surface area contributed by atoms with Gasteiger partial charge < -0.3 is 9.90 Å². The molecule has 5 heteroatoms.